The van der Waals surface area contributed by atoms with Gasteiger partial charge in [-0.25, -0.2) is 5.43 Å². The second-order valence-corrected chi connectivity index (χ2v) is 7.51. The Balaban J connectivity index is 1.61. The number of aryl methyl sites for hydroxylation is 4. The lowest BCUT2D eigenvalue weighted by atomic mass is 10.1. The van der Waals surface area contributed by atoms with Crippen molar-refractivity contribution in [3.63, 3.8) is 0 Å². The summed E-state index contributed by atoms with van der Waals surface area (Å²) in [6.07, 6.45) is 1.35. The highest BCUT2D eigenvalue weighted by Gasteiger charge is 2.07. The molecule has 3 rings (SSSR count). The molecule has 0 unspecified atom stereocenters. The van der Waals surface area contributed by atoms with E-state index in [4.69, 9.17) is 4.74 Å². The predicted molar refractivity (Wildman–Crippen MR) is 125 cm³/mol. The molecule has 0 bridgehead atoms. The third kappa shape index (κ3) is 6.01. The summed E-state index contributed by atoms with van der Waals surface area (Å²) in [5.74, 6) is 0.292. The normalized spacial score (nSPS) is 11.2. The minimum absolute atomic E-state index is 0.0138. The third-order valence-corrected chi connectivity index (χ3v) is 4.93. The number of nitrogens with zero attached hydrogens (tertiary/aromatic N) is 3. The van der Waals surface area contributed by atoms with E-state index in [9.17, 15) is 9.90 Å². The average Bonchev–Trinajstić information content (AvgIpc) is 2.76. The Morgan fingerprint density at radius 2 is 1.56 bits per heavy atom. The minimum Gasteiger partial charge on any atom is -0.507 e. The Hall–Kier alpha value is -4.00. The molecule has 7 nitrogen and oxygen atoms in total. The average molecular weight is 431 g/mol. The summed E-state index contributed by atoms with van der Waals surface area (Å²) in [5, 5.41) is 22.4. The van der Waals surface area contributed by atoms with Crippen LogP contribution in [0.15, 0.2) is 69.9 Å². The molecule has 164 valence electrons. The van der Waals surface area contributed by atoms with Crippen LogP contribution in [0.5, 0.6) is 11.5 Å². The van der Waals surface area contributed by atoms with Crippen molar-refractivity contribution in [3.8, 4) is 11.5 Å². The van der Waals surface area contributed by atoms with E-state index in [2.05, 4.69) is 20.8 Å². The molecule has 0 spiro atoms. The van der Waals surface area contributed by atoms with Crippen LogP contribution in [0.2, 0.25) is 0 Å². The van der Waals surface area contributed by atoms with Crippen molar-refractivity contribution in [1.29, 1.82) is 0 Å². The Morgan fingerprint density at radius 3 is 2.25 bits per heavy atom. The van der Waals surface area contributed by atoms with Gasteiger partial charge in [0.1, 0.15) is 11.5 Å². The molecule has 0 aliphatic carbocycles. The minimum atomic E-state index is -0.408. The Kier molecular flexibility index (Phi) is 7.33. The van der Waals surface area contributed by atoms with Gasteiger partial charge in [0.05, 0.1) is 17.6 Å². The van der Waals surface area contributed by atoms with Gasteiger partial charge < -0.3 is 9.84 Å². The highest BCUT2D eigenvalue weighted by Crippen LogP contribution is 2.25. The summed E-state index contributed by atoms with van der Waals surface area (Å²) in [7, 11) is 0. The Labute approximate surface area is 187 Å². The number of nitrogens with one attached hydrogen (secondary N) is 1. The zero-order valence-electron chi connectivity index (χ0n) is 18.6. The summed E-state index contributed by atoms with van der Waals surface area (Å²) >= 11 is 0. The molecule has 3 aromatic carbocycles. The number of azo groups is 1. The van der Waals surface area contributed by atoms with Gasteiger partial charge in [-0.15, -0.1) is 0 Å². The Bertz CT molecular complexity index is 1170. The molecule has 0 atom stereocenters. The third-order valence-electron chi connectivity index (χ3n) is 4.93. The number of phenolic OH excluding ortho intramolecular Hbond substituents is 1. The molecule has 7 heteroatoms. The van der Waals surface area contributed by atoms with Crippen molar-refractivity contribution in [3.05, 3.63) is 82.4 Å². The first-order chi connectivity index (χ1) is 15.3. The fraction of sp³-hybridized carbons (Fsp3) is 0.200. The van der Waals surface area contributed by atoms with Crippen LogP contribution in [0.4, 0.5) is 11.4 Å². The summed E-state index contributed by atoms with van der Waals surface area (Å²) in [6, 6.07) is 16.4. The zero-order chi connectivity index (χ0) is 23.1. The van der Waals surface area contributed by atoms with E-state index in [1.54, 1.807) is 12.1 Å². The fourth-order valence-corrected chi connectivity index (χ4v) is 2.98. The molecule has 0 saturated heterocycles. The molecule has 0 aromatic heterocycles. The lowest BCUT2D eigenvalue weighted by molar-refractivity contribution is -0.123. The number of hydrogen-bond donors (Lipinski definition) is 2. The summed E-state index contributed by atoms with van der Waals surface area (Å²) in [4.78, 5) is 12.0. The van der Waals surface area contributed by atoms with Crippen molar-refractivity contribution in [2.45, 2.75) is 27.7 Å². The molecule has 0 aliphatic heterocycles. The molecule has 0 radical (unpaired) electrons. The van der Waals surface area contributed by atoms with Crippen molar-refractivity contribution in [2.24, 2.45) is 15.3 Å². The van der Waals surface area contributed by atoms with Crippen LogP contribution in [0.1, 0.15) is 27.8 Å². The fourth-order valence-electron chi connectivity index (χ4n) is 2.98. The van der Waals surface area contributed by atoms with Crippen molar-refractivity contribution in [1.82, 2.24) is 5.43 Å². The SMILES string of the molecule is Cc1ccc(N=Nc2ccc(O)c(C=NNC(=O)COc3c(C)cccc3C)c2)cc1C. The quantitative estimate of drug-likeness (QED) is 0.291. The molecule has 0 fully saturated rings. The van der Waals surface area contributed by atoms with Gasteiger partial charge in [0.15, 0.2) is 6.61 Å². The molecule has 0 saturated carbocycles. The number of para-hydroxylation sites is 1. The van der Waals surface area contributed by atoms with Crippen LogP contribution in [-0.2, 0) is 4.79 Å². The van der Waals surface area contributed by atoms with Gasteiger partial charge in [-0.2, -0.15) is 15.3 Å². The van der Waals surface area contributed by atoms with Gasteiger partial charge in [-0.05, 0) is 80.3 Å². The predicted octanol–water partition coefficient (Wildman–Crippen LogP) is 5.57. The highest BCUT2D eigenvalue weighted by molar-refractivity contribution is 5.86. The van der Waals surface area contributed by atoms with E-state index in [1.165, 1.54) is 17.8 Å². The number of carbonyl (C=O) groups excluding carboxylic acids is 1. The van der Waals surface area contributed by atoms with Crippen LogP contribution in [0, 0.1) is 27.7 Å². The van der Waals surface area contributed by atoms with E-state index in [0.29, 0.717) is 17.0 Å². The number of phenols is 1. The van der Waals surface area contributed by atoms with E-state index in [-0.39, 0.29) is 12.4 Å². The van der Waals surface area contributed by atoms with Crippen LogP contribution in [-0.4, -0.2) is 23.8 Å². The van der Waals surface area contributed by atoms with Crippen LogP contribution >= 0.6 is 0 Å². The number of hydrazone groups is 1. The number of rotatable bonds is 7. The zero-order valence-corrected chi connectivity index (χ0v) is 18.6. The van der Waals surface area contributed by atoms with Gasteiger partial charge in [0.2, 0.25) is 0 Å². The molecular weight excluding hydrogens is 404 g/mol. The lowest BCUT2D eigenvalue weighted by Crippen LogP contribution is -2.25. The molecule has 32 heavy (non-hydrogen) atoms. The smallest absolute Gasteiger partial charge is 0.277 e. The monoisotopic (exact) mass is 430 g/mol. The van der Waals surface area contributed by atoms with Crippen LogP contribution in [0.3, 0.4) is 0 Å². The molecule has 0 aliphatic rings. The maximum Gasteiger partial charge on any atom is 0.277 e. The maximum atomic E-state index is 12.0. The summed E-state index contributed by atoms with van der Waals surface area (Å²) in [6.45, 7) is 7.73. The van der Waals surface area contributed by atoms with Gasteiger partial charge in [-0.3, -0.25) is 4.79 Å². The van der Waals surface area contributed by atoms with Crippen molar-refractivity contribution < 1.29 is 14.6 Å². The lowest BCUT2D eigenvalue weighted by Gasteiger charge is -2.10. The largest absolute Gasteiger partial charge is 0.507 e. The van der Waals surface area contributed by atoms with Gasteiger partial charge >= 0.3 is 0 Å². The molecular formula is C25H26N4O3. The summed E-state index contributed by atoms with van der Waals surface area (Å²) < 4.78 is 5.60. The van der Waals surface area contributed by atoms with E-state index in [0.717, 1.165) is 22.4 Å². The molecule has 1 amide bonds. The first kappa shape index (κ1) is 22.7. The van der Waals surface area contributed by atoms with Gasteiger partial charge in [0.25, 0.3) is 5.91 Å². The molecule has 2 N–H and O–H groups in total. The van der Waals surface area contributed by atoms with Gasteiger partial charge in [-0.1, -0.05) is 24.3 Å². The van der Waals surface area contributed by atoms with E-state index >= 15 is 0 Å². The molecule has 0 heterocycles. The number of carbonyl (C=O) groups is 1. The second-order valence-electron chi connectivity index (χ2n) is 7.51. The number of amides is 1. The van der Waals surface area contributed by atoms with Crippen molar-refractivity contribution >= 4 is 23.5 Å². The van der Waals surface area contributed by atoms with Crippen molar-refractivity contribution in [2.75, 3.05) is 6.61 Å². The highest BCUT2D eigenvalue weighted by atomic mass is 16.5. The number of aromatic hydroxyl groups is 1. The summed E-state index contributed by atoms with van der Waals surface area (Å²) in [5.41, 5.74) is 8.33. The van der Waals surface area contributed by atoms with Crippen LogP contribution < -0.4 is 10.2 Å². The topological polar surface area (TPSA) is 95.6 Å². The van der Waals surface area contributed by atoms with Gasteiger partial charge in [0, 0.05) is 5.56 Å². The maximum absolute atomic E-state index is 12.0. The van der Waals surface area contributed by atoms with Crippen LogP contribution in [0.25, 0.3) is 0 Å². The standard InChI is InChI=1S/C25H26N4O3/c1-16-8-9-21(12-19(16)4)27-28-22-10-11-23(30)20(13-22)14-26-29-24(31)15-32-25-17(2)6-5-7-18(25)3/h5-14,30H,15H2,1-4H3,(H,29,31). The number of ether oxygens (including phenoxy) is 1. The first-order valence-corrected chi connectivity index (χ1v) is 10.2. The Morgan fingerprint density at radius 1 is 0.906 bits per heavy atom. The van der Waals surface area contributed by atoms with E-state index in [1.807, 2.05) is 64.1 Å². The first-order valence-electron chi connectivity index (χ1n) is 10.2. The second kappa shape index (κ2) is 10.3. The number of benzene rings is 3. The number of hydrogen-bond acceptors (Lipinski definition) is 6. The molecule has 3 aromatic rings. The van der Waals surface area contributed by atoms with E-state index < -0.39 is 5.91 Å².